The molecule has 0 saturated carbocycles. The van der Waals surface area contributed by atoms with E-state index in [2.05, 4.69) is 15.6 Å². The lowest BCUT2D eigenvalue weighted by Crippen LogP contribution is -2.11. The van der Waals surface area contributed by atoms with Gasteiger partial charge in [0.2, 0.25) is 0 Å². The number of hydrogen-bond donors (Lipinski definition) is 2. The Bertz CT molecular complexity index is 1200. The third-order valence-corrected chi connectivity index (χ3v) is 6.30. The smallest absolute Gasteiger partial charge is 0.257 e. The molecule has 4 rings (SSSR count). The summed E-state index contributed by atoms with van der Waals surface area (Å²) >= 11 is 8.60. The number of nitrogens with zero attached hydrogens (tertiary/aromatic N) is 1. The summed E-state index contributed by atoms with van der Waals surface area (Å²) in [6.07, 6.45) is 0. The number of aromatic nitrogens is 1. The first-order valence-corrected chi connectivity index (χ1v) is 11.2. The maximum absolute atomic E-state index is 12.7. The summed E-state index contributed by atoms with van der Waals surface area (Å²) in [4.78, 5) is 30.7. The average molecular weight is 470 g/mol. The first-order chi connectivity index (χ1) is 15.0. The van der Waals surface area contributed by atoms with Gasteiger partial charge in [0.05, 0.1) is 12.0 Å². The van der Waals surface area contributed by atoms with E-state index >= 15 is 0 Å². The molecule has 9 heteroatoms. The zero-order chi connectivity index (χ0) is 21.8. The summed E-state index contributed by atoms with van der Waals surface area (Å²) < 4.78 is 5.12. The van der Waals surface area contributed by atoms with Gasteiger partial charge in [-0.25, -0.2) is 4.98 Å². The molecular weight excluding hydrogens is 454 g/mol. The highest BCUT2D eigenvalue weighted by molar-refractivity contribution is 7.21. The number of ether oxygens (including phenoxy) is 1. The number of nitrogens with one attached hydrogen (secondary N) is 2. The third-order valence-electron chi connectivity index (χ3n) is 4.29. The van der Waals surface area contributed by atoms with Crippen LogP contribution in [0, 0.1) is 0 Å². The van der Waals surface area contributed by atoms with Gasteiger partial charge in [-0.15, -0.1) is 11.3 Å². The number of thiophene rings is 1. The fourth-order valence-electron chi connectivity index (χ4n) is 2.73. The van der Waals surface area contributed by atoms with Crippen LogP contribution >= 0.6 is 34.3 Å². The zero-order valence-electron chi connectivity index (χ0n) is 16.2. The van der Waals surface area contributed by atoms with Gasteiger partial charge in [-0.05, 0) is 60.0 Å². The lowest BCUT2D eigenvalue weighted by atomic mass is 10.2. The molecule has 0 aliphatic carbocycles. The van der Waals surface area contributed by atoms with Gasteiger partial charge in [0.1, 0.15) is 16.4 Å². The molecule has 0 unspecified atom stereocenters. The van der Waals surface area contributed by atoms with E-state index in [9.17, 15) is 9.59 Å². The molecule has 0 fully saturated rings. The van der Waals surface area contributed by atoms with Crippen molar-refractivity contribution in [2.75, 3.05) is 17.7 Å². The molecular formula is C22H16ClN3O3S2. The van der Waals surface area contributed by atoms with Crippen LogP contribution in [0.4, 0.5) is 10.1 Å². The van der Waals surface area contributed by atoms with Crippen LogP contribution in [-0.4, -0.2) is 23.9 Å². The number of hydrogen-bond acceptors (Lipinski definition) is 6. The average Bonchev–Trinajstić information content (AvgIpc) is 3.44. The largest absolute Gasteiger partial charge is 0.497 e. The first kappa shape index (κ1) is 21.0. The molecule has 0 spiro atoms. The topological polar surface area (TPSA) is 80.3 Å². The van der Waals surface area contributed by atoms with Crippen LogP contribution in [0.5, 0.6) is 5.75 Å². The van der Waals surface area contributed by atoms with E-state index < -0.39 is 0 Å². The summed E-state index contributed by atoms with van der Waals surface area (Å²) in [5, 5.41) is 9.11. The SMILES string of the molecule is COc1ccc(C(=O)Nc2nc(-c3cccs3)c(NC(=O)c3ccc(Cl)cc3)s2)cc1. The van der Waals surface area contributed by atoms with Gasteiger partial charge in [0, 0.05) is 16.1 Å². The molecule has 0 bridgehead atoms. The Hall–Kier alpha value is -3.20. The van der Waals surface area contributed by atoms with Crippen molar-refractivity contribution in [2.45, 2.75) is 0 Å². The van der Waals surface area contributed by atoms with Gasteiger partial charge in [0.15, 0.2) is 5.13 Å². The zero-order valence-corrected chi connectivity index (χ0v) is 18.6. The third kappa shape index (κ3) is 4.93. The Balaban J connectivity index is 1.58. The second kappa shape index (κ2) is 9.30. The Morgan fingerprint density at radius 3 is 2.19 bits per heavy atom. The maximum Gasteiger partial charge on any atom is 0.257 e. The highest BCUT2D eigenvalue weighted by Gasteiger charge is 2.19. The van der Waals surface area contributed by atoms with Crippen molar-refractivity contribution < 1.29 is 14.3 Å². The van der Waals surface area contributed by atoms with Crippen molar-refractivity contribution in [1.82, 2.24) is 4.98 Å². The second-order valence-corrected chi connectivity index (χ2v) is 8.70. The normalized spacial score (nSPS) is 10.5. The number of carbonyl (C=O) groups excluding carboxylic acids is 2. The quantitative estimate of drug-likeness (QED) is 0.361. The molecule has 2 aromatic heterocycles. The van der Waals surface area contributed by atoms with E-state index in [1.807, 2.05) is 17.5 Å². The number of carbonyl (C=O) groups is 2. The van der Waals surface area contributed by atoms with Crippen LogP contribution in [0.2, 0.25) is 5.02 Å². The number of methoxy groups -OCH3 is 1. The molecule has 0 saturated heterocycles. The molecule has 0 radical (unpaired) electrons. The van der Waals surface area contributed by atoms with E-state index in [-0.39, 0.29) is 11.8 Å². The van der Waals surface area contributed by atoms with Crippen molar-refractivity contribution in [3.05, 3.63) is 82.2 Å². The standard InChI is InChI=1S/C22H16ClN3O3S2/c1-29-16-10-6-14(7-11-16)20(28)26-22-24-18(17-3-2-12-30-17)21(31-22)25-19(27)13-4-8-15(23)9-5-13/h2-12H,1H3,(H,25,27)(H,24,26,28). The Morgan fingerprint density at radius 1 is 0.935 bits per heavy atom. The van der Waals surface area contributed by atoms with E-state index in [1.165, 1.54) is 22.7 Å². The summed E-state index contributed by atoms with van der Waals surface area (Å²) in [5.41, 5.74) is 1.55. The lowest BCUT2D eigenvalue weighted by Gasteiger charge is -2.04. The summed E-state index contributed by atoms with van der Waals surface area (Å²) in [5.74, 6) is 0.0776. The first-order valence-electron chi connectivity index (χ1n) is 9.10. The van der Waals surface area contributed by atoms with Crippen molar-refractivity contribution in [1.29, 1.82) is 0 Å². The van der Waals surface area contributed by atoms with Crippen molar-refractivity contribution in [3.8, 4) is 16.3 Å². The van der Waals surface area contributed by atoms with Crippen LogP contribution < -0.4 is 15.4 Å². The van der Waals surface area contributed by atoms with E-state index in [0.717, 1.165) is 4.88 Å². The summed E-state index contributed by atoms with van der Waals surface area (Å²) in [6, 6.07) is 17.2. The van der Waals surface area contributed by atoms with E-state index in [0.29, 0.717) is 37.7 Å². The molecule has 4 aromatic rings. The molecule has 6 nitrogen and oxygen atoms in total. The van der Waals surface area contributed by atoms with Crippen LogP contribution in [0.3, 0.4) is 0 Å². The molecule has 0 aliphatic rings. The minimum absolute atomic E-state index is 0.286. The minimum atomic E-state index is -0.301. The van der Waals surface area contributed by atoms with Gasteiger partial charge < -0.3 is 10.1 Å². The predicted octanol–water partition coefficient (Wildman–Crippen LogP) is 6.04. The van der Waals surface area contributed by atoms with Gasteiger partial charge in [-0.1, -0.05) is 29.0 Å². The number of thiazole rings is 1. The molecule has 2 N–H and O–H groups in total. The second-order valence-electron chi connectivity index (χ2n) is 6.32. The van der Waals surface area contributed by atoms with Gasteiger partial charge >= 0.3 is 0 Å². The van der Waals surface area contributed by atoms with Crippen molar-refractivity contribution in [3.63, 3.8) is 0 Å². The number of benzene rings is 2. The maximum atomic E-state index is 12.7. The van der Waals surface area contributed by atoms with Gasteiger partial charge in [-0.3, -0.25) is 14.9 Å². The number of anilines is 2. The van der Waals surface area contributed by atoms with Crippen LogP contribution in [0.1, 0.15) is 20.7 Å². The Morgan fingerprint density at radius 2 is 1.58 bits per heavy atom. The van der Waals surface area contributed by atoms with Crippen LogP contribution in [-0.2, 0) is 0 Å². The molecule has 2 aromatic carbocycles. The van der Waals surface area contributed by atoms with Crippen LogP contribution in [0.25, 0.3) is 10.6 Å². The number of rotatable bonds is 6. The summed E-state index contributed by atoms with van der Waals surface area (Å²) in [6.45, 7) is 0. The van der Waals surface area contributed by atoms with E-state index in [4.69, 9.17) is 16.3 Å². The van der Waals surface area contributed by atoms with Crippen molar-refractivity contribution in [2.24, 2.45) is 0 Å². The number of amides is 2. The van der Waals surface area contributed by atoms with Gasteiger partial charge in [0.25, 0.3) is 11.8 Å². The molecule has 0 atom stereocenters. The number of halogens is 1. The van der Waals surface area contributed by atoms with Crippen LogP contribution in [0.15, 0.2) is 66.0 Å². The Kier molecular flexibility index (Phi) is 6.31. The highest BCUT2D eigenvalue weighted by atomic mass is 35.5. The fraction of sp³-hybridized carbons (Fsp3) is 0.0455. The molecule has 156 valence electrons. The minimum Gasteiger partial charge on any atom is -0.497 e. The van der Waals surface area contributed by atoms with Crippen molar-refractivity contribution >= 4 is 56.2 Å². The monoisotopic (exact) mass is 469 g/mol. The predicted molar refractivity (Wildman–Crippen MR) is 126 cm³/mol. The molecule has 2 heterocycles. The summed E-state index contributed by atoms with van der Waals surface area (Å²) in [7, 11) is 1.57. The molecule has 0 aliphatic heterocycles. The van der Waals surface area contributed by atoms with Gasteiger partial charge in [-0.2, -0.15) is 0 Å². The lowest BCUT2D eigenvalue weighted by molar-refractivity contribution is 0.101. The molecule has 31 heavy (non-hydrogen) atoms. The Labute approximate surface area is 191 Å². The molecule has 2 amide bonds. The van der Waals surface area contributed by atoms with E-state index in [1.54, 1.807) is 55.6 Å². The highest BCUT2D eigenvalue weighted by Crippen LogP contribution is 2.38. The fourth-order valence-corrected chi connectivity index (χ4v) is 4.51.